The van der Waals surface area contributed by atoms with Crippen LogP contribution in [0.5, 0.6) is 0 Å². The summed E-state index contributed by atoms with van der Waals surface area (Å²) in [4.78, 5) is 14.4. The van der Waals surface area contributed by atoms with Gasteiger partial charge < -0.3 is 5.32 Å². The molecule has 3 aromatic carbocycles. The maximum atomic E-state index is 13.8. The Hall–Kier alpha value is -3.82. The number of sulfone groups is 1. The number of nitriles is 1. The van der Waals surface area contributed by atoms with Crippen molar-refractivity contribution in [1.82, 2.24) is 5.32 Å². The van der Waals surface area contributed by atoms with Crippen LogP contribution in [0.15, 0.2) is 77.7 Å². The van der Waals surface area contributed by atoms with Crippen LogP contribution in [0, 0.1) is 17.1 Å². The molecule has 0 bridgehead atoms. The highest BCUT2D eigenvalue weighted by molar-refractivity contribution is 7.91. The SMILES string of the molecule is N#Cc1ccc(N2C(=O)[C@](Cc3ccccc3)(CS(=O)(=O)c3ccc(F)cc3)NC2=S)cc1C(F)(F)F. The molecule has 0 spiro atoms. The smallest absolute Gasteiger partial charge is 0.346 e. The number of carbonyl (C=O) groups is 1. The number of amides is 1. The van der Waals surface area contributed by atoms with Crippen LogP contribution in [-0.4, -0.2) is 30.7 Å². The Kier molecular flexibility index (Phi) is 6.79. The molecule has 0 aromatic heterocycles. The van der Waals surface area contributed by atoms with Gasteiger partial charge in [-0.25, -0.2) is 12.8 Å². The first-order valence-electron chi connectivity index (χ1n) is 10.7. The summed E-state index contributed by atoms with van der Waals surface area (Å²) < 4.78 is 80.7. The fourth-order valence-corrected chi connectivity index (χ4v) is 6.17. The van der Waals surface area contributed by atoms with Gasteiger partial charge in [0.05, 0.1) is 33.5 Å². The molecule has 37 heavy (non-hydrogen) atoms. The molecule has 1 aliphatic rings. The molecule has 1 fully saturated rings. The van der Waals surface area contributed by atoms with Crippen LogP contribution in [0.2, 0.25) is 0 Å². The number of alkyl halides is 3. The average Bonchev–Trinajstić information content (AvgIpc) is 3.07. The monoisotopic (exact) mass is 547 g/mol. The largest absolute Gasteiger partial charge is 0.417 e. The van der Waals surface area contributed by atoms with E-state index in [1.54, 1.807) is 30.3 Å². The van der Waals surface area contributed by atoms with Crippen LogP contribution in [0.25, 0.3) is 0 Å². The number of nitrogens with zero attached hydrogens (tertiary/aromatic N) is 2. The van der Waals surface area contributed by atoms with Crippen LogP contribution in [-0.2, 0) is 27.2 Å². The predicted octanol–water partition coefficient (Wildman–Crippen LogP) is 4.39. The van der Waals surface area contributed by atoms with Gasteiger partial charge in [0, 0.05) is 6.42 Å². The van der Waals surface area contributed by atoms with Crippen molar-refractivity contribution in [2.75, 3.05) is 10.7 Å². The van der Waals surface area contributed by atoms with E-state index >= 15 is 0 Å². The molecule has 4 rings (SSSR count). The van der Waals surface area contributed by atoms with Crippen molar-refractivity contribution < 1.29 is 30.8 Å². The Bertz CT molecular complexity index is 1520. The zero-order valence-corrected chi connectivity index (χ0v) is 20.4. The topological polar surface area (TPSA) is 90.3 Å². The molecule has 12 heteroatoms. The highest BCUT2D eigenvalue weighted by atomic mass is 32.2. The molecule has 0 saturated carbocycles. The minimum atomic E-state index is -4.88. The number of anilines is 1. The van der Waals surface area contributed by atoms with Crippen molar-refractivity contribution >= 4 is 38.8 Å². The molecular formula is C25H17F4N3O3S2. The summed E-state index contributed by atoms with van der Waals surface area (Å²) in [5, 5.41) is 11.5. The quantitative estimate of drug-likeness (QED) is 0.280. The van der Waals surface area contributed by atoms with E-state index < -0.39 is 50.2 Å². The van der Waals surface area contributed by atoms with Crippen LogP contribution in [0.4, 0.5) is 23.2 Å². The molecular weight excluding hydrogens is 530 g/mol. The highest BCUT2D eigenvalue weighted by Gasteiger charge is 2.53. The third kappa shape index (κ3) is 5.19. The standard InChI is InChI=1S/C25H17F4N3O3S2/c26-18-7-10-20(11-8-18)37(34,35)15-24(13-16-4-2-1-3-5-16)22(33)32(23(36)31-24)19-9-6-17(14-30)21(12-19)25(27,28)29/h1-12H,13,15H2,(H,31,36)/t24-/m0/s1. The van der Waals surface area contributed by atoms with E-state index in [1.807, 2.05) is 0 Å². The molecule has 1 saturated heterocycles. The molecule has 0 radical (unpaired) electrons. The third-order valence-electron chi connectivity index (χ3n) is 5.81. The highest BCUT2D eigenvalue weighted by Crippen LogP contribution is 2.37. The lowest BCUT2D eigenvalue weighted by atomic mass is 9.92. The minimum Gasteiger partial charge on any atom is -0.346 e. The Morgan fingerprint density at radius 2 is 1.68 bits per heavy atom. The van der Waals surface area contributed by atoms with Gasteiger partial charge in [-0.1, -0.05) is 30.3 Å². The van der Waals surface area contributed by atoms with Gasteiger partial charge in [-0.3, -0.25) is 9.69 Å². The second-order valence-corrected chi connectivity index (χ2v) is 10.7. The summed E-state index contributed by atoms with van der Waals surface area (Å²) >= 11 is 5.29. The predicted molar refractivity (Wildman–Crippen MR) is 131 cm³/mol. The van der Waals surface area contributed by atoms with Crippen molar-refractivity contribution in [2.45, 2.75) is 23.0 Å². The first-order valence-corrected chi connectivity index (χ1v) is 12.7. The molecule has 3 aromatic rings. The Morgan fingerprint density at radius 3 is 2.27 bits per heavy atom. The number of thiocarbonyl (C=S) groups is 1. The van der Waals surface area contributed by atoms with Gasteiger partial charge in [-0.15, -0.1) is 0 Å². The van der Waals surface area contributed by atoms with Crippen molar-refractivity contribution in [3.05, 3.63) is 95.3 Å². The van der Waals surface area contributed by atoms with Crippen LogP contribution in [0.3, 0.4) is 0 Å². The van der Waals surface area contributed by atoms with Crippen LogP contribution < -0.4 is 10.2 Å². The van der Waals surface area contributed by atoms with Crippen LogP contribution >= 0.6 is 12.2 Å². The molecule has 1 N–H and O–H groups in total. The molecule has 1 aliphatic heterocycles. The molecule has 190 valence electrons. The number of hydrogen-bond donors (Lipinski definition) is 1. The minimum absolute atomic E-state index is 0.161. The van der Waals surface area contributed by atoms with Gasteiger partial charge in [0.2, 0.25) is 0 Å². The van der Waals surface area contributed by atoms with Crippen molar-refractivity contribution in [3.63, 3.8) is 0 Å². The Labute approximate surface area is 215 Å². The lowest BCUT2D eigenvalue weighted by Crippen LogP contribution is -2.54. The number of carbonyl (C=O) groups excluding carboxylic acids is 1. The lowest BCUT2D eigenvalue weighted by Gasteiger charge is -2.27. The summed E-state index contributed by atoms with van der Waals surface area (Å²) in [5.74, 6) is -2.34. The second kappa shape index (κ2) is 9.57. The van der Waals surface area contributed by atoms with Gasteiger partial charge in [-0.2, -0.15) is 18.4 Å². The zero-order valence-electron chi connectivity index (χ0n) is 18.8. The zero-order chi connectivity index (χ0) is 27.0. The van der Waals surface area contributed by atoms with Crippen molar-refractivity contribution in [3.8, 4) is 6.07 Å². The molecule has 0 unspecified atom stereocenters. The Balaban J connectivity index is 1.81. The maximum Gasteiger partial charge on any atom is 0.417 e. The summed E-state index contributed by atoms with van der Waals surface area (Å²) in [5.41, 5.74) is -3.49. The van der Waals surface area contributed by atoms with Gasteiger partial charge in [0.1, 0.15) is 11.4 Å². The molecule has 1 heterocycles. The van der Waals surface area contributed by atoms with Gasteiger partial charge in [-0.05, 0) is 60.2 Å². The number of benzene rings is 3. The van der Waals surface area contributed by atoms with Crippen LogP contribution in [0.1, 0.15) is 16.7 Å². The van der Waals surface area contributed by atoms with E-state index in [9.17, 15) is 30.8 Å². The fraction of sp³-hybridized carbons (Fsp3) is 0.160. The first kappa shape index (κ1) is 26.2. The van der Waals surface area contributed by atoms with E-state index in [-0.39, 0.29) is 22.1 Å². The third-order valence-corrected chi connectivity index (χ3v) is 7.95. The summed E-state index contributed by atoms with van der Waals surface area (Å²) in [7, 11) is -4.20. The normalized spacial score (nSPS) is 18.0. The van der Waals surface area contributed by atoms with E-state index in [1.165, 1.54) is 6.07 Å². The number of nitrogens with one attached hydrogen (secondary N) is 1. The number of halogens is 4. The van der Waals surface area contributed by atoms with Gasteiger partial charge in [0.15, 0.2) is 14.9 Å². The fourth-order valence-electron chi connectivity index (χ4n) is 4.12. The Morgan fingerprint density at radius 1 is 1.03 bits per heavy atom. The average molecular weight is 548 g/mol. The number of hydrogen-bond acceptors (Lipinski definition) is 5. The van der Waals surface area contributed by atoms with E-state index in [0.717, 1.165) is 41.3 Å². The van der Waals surface area contributed by atoms with Gasteiger partial charge >= 0.3 is 6.18 Å². The van der Waals surface area contributed by atoms with Crippen molar-refractivity contribution in [2.24, 2.45) is 0 Å². The molecule has 1 atom stereocenters. The summed E-state index contributed by atoms with van der Waals surface area (Å²) in [6, 6.07) is 16.6. The number of rotatable bonds is 6. The van der Waals surface area contributed by atoms with E-state index in [4.69, 9.17) is 17.5 Å². The lowest BCUT2D eigenvalue weighted by molar-refractivity contribution is -0.137. The summed E-state index contributed by atoms with van der Waals surface area (Å²) in [6.07, 6.45) is -5.04. The molecule has 6 nitrogen and oxygen atoms in total. The van der Waals surface area contributed by atoms with E-state index in [0.29, 0.717) is 11.6 Å². The maximum absolute atomic E-state index is 13.8. The van der Waals surface area contributed by atoms with Gasteiger partial charge in [0.25, 0.3) is 5.91 Å². The van der Waals surface area contributed by atoms with E-state index in [2.05, 4.69) is 5.32 Å². The second-order valence-electron chi connectivity index (χ2n) is 8.37. The first-order chi connectivity index (χ1) is 17.4. The summed E-state index contributed by atoms with van der Waals surface area (Å²) in [6.45, 7) is 0. The van der Waals surface area contributed by atoms with Crippen molar-refractivity contribution in [1.29, 1.82) is 5.26 Å². The molecule has 1 amide bonds. The molecule has 0 aliphatic carbocycles.